The van der Waals surface area contributed by atoms with Gasteiger partial charge in [-0.2, -0.15) is 0 Å². The predicted octanol–water partition coefficient (Wildman–Crippen LogP) is -0.617. The summed E-state index contributed by atoms with van der Waals surface area (Å²) in [5.41, 5.74) is 0. The number of ether oxygens (including phenoxy) is 3. The summed E-state index contributed by atoms with van der Waals surface area (Å²) >= 11 is 0. The van der Waals surface area contributed by atoms with Crippen molar-refractivity contribution in [1.29, 1.82) is 0 Å². The molecule has 1 rings (SSSR count). The lowest BCUT2D eigenvalue weighted by molar-refractivity contribution is -0.144. The van der Waals surface area contributed by atoms with Crippen molar-refractivity contribution in [2.24, 2.45) is 0 Å². The topological polar surface area (TPSA) is 91.9 Å². The molecule has 10 nitrogen and oxygen atoms in total. The molecule has 0 radical (unpaired) electrons. The second-order valence-corrected chi connectivity index (χ2v) is 6.86. The fourth-order valence-electron chi connectivity index (χ4n) is 2.85. The number of nitrogens with zero attached hydrogens (tertiary/aromatic N) is 4. The van der Waals surface area contributed by atoms with Crippen LogP contribution in [0, 0.1) is 0 Å². The molecule has 10 heteroatoms. The van der Waals surface area contributed by atoms with Gasteiger partial charge >= 0.3 is 17.9 Å². The number of methoxy groups -OCH3 is 3. The molecule has 0 saturated carbocycles. The number of likely N-dealkylation sites (N-methyl/N-ethyl adjacent to an activating group) is 1. The Morgan fingerprint density at radius 1 is 0.567 bits per heavy atom. The van der Waals surface area contributed by atoms with E-state index in [-0.39, 0.29) is 37.5 Å². The quantitative estimate of drug-likeness (QED) is 0.399. The summed E-state index contributed by atoms with van der Waals surface area (Å²) in [4.78, 5) is 43.4. The monoisotopic (exact) mass is 432 g/mol. The summed E-state index contributed by atoms with van der Waals surface area (Å²) in [5, 5.41) is 0. The minimum Gasteiger partial charge on any atom is -0.468 e. The zero-order chi connectivity index (χ0) is 22.9. The van der Waals surface area contributed by atoms with Gasteiger partial charge in [-0.05, 0) is 7.05 Å². The van der Waals surface area contributed by atoms with Crippen molar-refractivity contribution in [3.8, 4) is 0 Å². The summed E-state index contributed by atoms with van der Waals surface area (Å²) in [5.74, 6) is -0.872. The maximum Gasteiger partial charge on any atom is 0.319 e. The first kappa shape index (κ1) is 28.2. The van der Waals surface area contributed by atoms with Crippen molar-refractivity contribution in [3.05, 3.63) is 0 Å². The third kappa shape index (κ3) is 12.7. The average Bonchev–Trinajstić information content (AvgIpc) is 2.76. The van der Waals surface area contributed by atoms with Gasteiger partial charge in [0.2, 0.25) is 0 Å². The van der Waals surface area contributed by atoms with Crippen molar-refractivity contribution >= 4 is 17.9 Å². The zero-order valence-corrected chi connectivity index (χ0v) is 19.5. The lowest BCUT2D eigenvalue weighted by Crippen LogP contribution is -2.48. The van der Waals surface area contributed by atoms with E-state index in [1.165, 1.54) is 21.3 Å². The van der Waals surface area contributed by atoms with Crippen LogP contribution in [0.15, 0.2) is 0 Å². The third-order valence-electron chi connectivity index (χ3n) is 4.80. The van der Waals surface area contributed by atoms with Gasteiger partial charge in [0, 0.05) is 52.4 Å². The van der Waals surface area contributed by atoms with Crippen molar-refractivity contribution < 1.29 is 28.6 Å². The smallest absolute Gasteiger partial charge is 0.319 e. The molecule has 1 aliphatic rings. The number of rotatable bonds is 6. The first-order chi connectivity index (χ1) is 14.4. The molecule has 1 heterocycles. The molecular weight excluding hydrogens is 392 g/mol. The number of hydrogen-bond donors (Lipinski definition) is 0. The Kier molecular flexibility index (Phi) is 16.0. The van der Waals surface area contributed by atoms with Crippen LogP contribution in [0.3, 0.4) is 0 Å². The van der Waals surface area contributed by atoms with Gasteiger partial charge in [0.15, 0.2) is 0 Å². The van der Waals surface area contributed by atoms with E-state index < -0.39 is 0 Å². The summed E-state index contributed by atoms with van der Waals surface area (Å²) in [6.45, 7) is 9.99. The van der Waals surface area contributed by atoms with Gasteiger partial charge in [0.05, 0.1) is 41.0 Å². The second kappa shape index (κ2) is 17.0. The van der Waals surface area contributed by atoms with Crippen LogP contribution in [-0.4, -0.2) is 138 Å². The van der Waals surface area contributed by atoms with Crippen LogP contribution in [0.2, 0.25) is 0 Å². The van der Waals surface area contributed by atoms with Crippen molar-refractivity contribution in [2.75, 3.05) is 100 Å². The van der Waals surface area contributed by atoms with Crippen LogP contribution < -0.4 is 0 Å². The van der Waals surface area contributed by atoms with E-state index in [1.54, 1.807) is 0 Å². The predicted molar refractivity (Wildman–Crippen MR) is 114 cm³/mol. The van der Waals surface area contributed by atoms with Crippen LogP contribution in [0.5, 0.6) is 0 Å². The van der Waals surface area contributed by atoms with Crippen LogP contribution in [0.25, 0.3) is 0 Å². The summed E-state index contributed by atoms with van der Waals surface area (Å²) in [7, 11) is 6.14. The Hall–Kier alpha value is -1.75. The van der Waals surface area contributed by atoms with Gasteiger partial charge in [0.1, 0.15) is 0 Å². The molecule has 0 aromatic carbocycles. The average molecular weight is 433 g/mol. The molecule has 0 aliphatic carbocycles. The lowest BCUT2D eigenvalue weighted by Gasteiger charge is -2.32. The van der Waals surface area contributed by atoms with E-state index in [9.17, 15) is 14.4 Å². The van der Waals surface area contributed by atoms with E-state index in [2.05, 4.69) is 4.90 Å². The van der Waals surface area contributed by atoms with Gasteiger partial charge in [0.25, 0.3) is 0 Å². The molecule has 1 fully saturated rings. The minimum absolute atomic E-state index is 0.161. The fraction of sp³-hybridized carbons (Fsp3) is 0.850. The molecule has 1 aliphatic heterocycles. The van der Waals surface area contributed by atoms with Crippen molar-refractivity contribution in [3.63, 3.8) is 0 Å². The summed E-state index contributed by atoms with van der Waals surface area (Å²) < 4.78 is 14.4. The Labute approximate surface area is 181 Å². The molecule has 176 valence electrons. The first-order valence-corrected chi connectivity index (χ1v) is 10.4. The van der Waals surface area contributed by atoms with E-state index in [0.29, 0.717) is 39.3 Å². The molecular formula is C20H40N4O6. The number of carbonyl (C=O) groups excluding carboxylic acids is 3. The highest BCUT2D eigenvalue weighted by Gasteiger charge is 2.19. The molecule has 0 bridgehead atoms. The van der Waals surface area contributed by atoms with Crippen LogP contribution in [0.1, 0.15) is 13.8 Å². The standard InChI is InChI=1S/C18H34N4O6.C2H6/c1-19-5-7-20(13-16(23)26-2)9-11-22(15-18(25)28-4)12-10-21(8-6-19)14-17(24)27-3;1-2/h5-15H2,1-4H3;1-2H3. The number of carbonyl (C=O) groups is 3. The van der Waals surface area contributed by atoms with Crippen molar-refractivity contribution in [2.45, 2.75) is 13.8 Å². The molecule has 0 N–H and O–H groups in total. The van der Waals surface area contributed by atoms with E-state index in [4.69, 9.17) is 14.2 Å². The molecule has 0 atom stereocenters. The molecule has 1 saturated heterocycles. The number of esters is 3. The van der Waals surface area contributed by atoms with E-state index in [1.807, 2.05) is 35.6 Å². The minimum atomic E-state index is -0.314. The Bertz CT molecular complexity index is 472. The molecule has 0 aromatic rings. The third-order valence-corrected chi connectivity index (χ3v) is 4.80. The maximum absolute atomic E-state index is 11.8. The largest absolute Gasteiger partial charge is 0.468 e. The number of hydrogen-bond acceptors (Lipinski definition) is 10. The normalized spacial score (nSPS) is 18.2. The highest BCUT2D eigenvalue weighted by molar-refractivity contribution is 5.72. The van der Waals surface area contributed by atoms with Gasteiger partial charge in [-0.1, -0.05) is 13.8 Å². The molecule has 0 spiro atoms. The molecule has 0 aromatic heterocycles. The SMILES string of the molecule is CC.COC(=O)CN1CCN(C)CCN(CC(=O)OC)CCN(CC(=O)OC)CC1. The van der Waals surface area contributed by atoms with E-state index in [0.717, 1.165) is 13.1 Å². The highest BCUT2D eigenvalue weighted by Crippen LogP contribution is 2.01. The Balaban J connectivity index is 0.00000407. The summed E-state index contributed by atoms with van der Waals surface area (Å²) in [6.07, 6.45) is 0. The lowest BCUT2D eigenvalue weighted by atomic mass is 10.3. The zero-order valence-electron chi connectivity index (χ0n) is 19.5. The Morgan fingerprint density at radius 3 is 1.03 bits per heavy atom. The molecule has 0 amide bonds. The molecule has 30 heavy (non-hydrogen) atoms. The van der Waals surface area contributed by atoms with Crippen molar-refractivity contribution in [1.82, 2.24) is 19.6 Å². The Morgan fingerprint density at radius 2 is 0.800 bits per heavy atom. The van der Waals surface area contributed by atoms with Gasteiger partial charge in [-0.15, -0.1) is 0 Å². The summed E-state index contributed by atoms with van der Waals surface area (Å²) in [6, 6.07) is 0. The maximum atomic E-state index is 11.8. The van der Waals surface area contributed by atoms with Crippen LogP contribution in [0.4, 0.5) is 0 Å². The van der Waals surface area contributed by atoms with Gasteiger partial charge < -0.3 is 19.1 Å². The van der Waals surface area contributed by atoms with E-state index >= 15 is 0 Å². The van der Waals surface area contributed by atoms with Crippen LogP contribution in [-0.2, 0) is 28.6 Å². The second-order valence-electron chi connectivity index (χ2n) is 6.86. The van der Waals surface area contributed by atoms with Gasteiger partial charge in [-0.25, -0.2) is 0 Å². The molecule has 0 unspecified atom stereocenters. The van der Waals surface area contributed by atoms with Gasteiger partial charge in [-0.3, -0.25) is 29.1 Å². The first-order valence-electron chi connectivity index (χ1n) is 10.4. The fourth-order valence-corrected chi connectivity index (χ4v) is 2.85. The van der Waals surface area contributed by atoms with Crippen LogP contribution >= 0.6 is 0 Å². The highest BCUT2D eigenvalue weighted by atomic mass is 16.5.